The fourth-order valence-corrected chi connectivity index (χ4v) is 0.787. The van der Waals surface area contributed by atoms with Crippen LogP contribution < -0.4 is 0 Å². The van der Waals surface area contributed by atoms with Crippen LogP contribution in [-0.2, 0) is 11.3 Å². The Bertz CT molecular complexity index is 358. The summed E-state index contributed by atoms with van der Waals surface area (Å²) < 4.78 is 1.17. The lowest BCUT2D eigenvalue weighted by Gasteiger charge is -1.99. The second-order valence-electron chi connectivity index (χ2n) is 3.12. The zero-order valence-corrected chi connectivity index (χ0v) is 7.88. The Kier molecular flexibility index (Phi) is 2.90. The van der Waals surface area contributed by atoms with Crippen molar-refractivity contribution in [3.05, 3.63) is 16.4 Å². The molecule has 0 saturated carbocycles. The summed E-state index contributed by atoms with van der Waals surface area (Å²) in [6, 6.07) is 0. The highest BCUT2D eigenvalue weighted by Gasteiger charge is 2.16. The van der Waals surface area contributed by atoms with E-state index in [4.69, 9.17) is 0 Å². The molecule has 0 aliphatic rings. The van der Waals surface area contributed by atoms with E-state index in [9.17, 15) is 14.9 Å². The third kappa shape index (κ3) is 2.35. The molecule has 0 spiro atoms. The summed E-state index contributed by atoms with van der Waals surface area (Å²) in [7, 11) is 0. The molecular weight excluding hydrogens is 188 g/mol. The van der Waals surface area contributed by atoms with Crippen LogP contribution in [0.25, 0.3) is 0 Å². The first-order valence-corrected chi connectivity index (χ1v) is 4.07. The van der Waals surface area contributed by atoms with E-state index in [0.717, 1.165) is 0 Å². The van der Waals surface area contributed by atoms with Crippen molar-refractivity contribution in [2.45, 2.75) is 20.4 Å². The molecule has 76 valence electrons. The van der Waals surface area contributed by atoms with Gasteiger partial charge in [0.2, 0.25) is 6.33 Å². The van der Waals surface area contributed by atoms with Crippen LogP contribution in [0.5, 0.6) is 0 Å². The summed E-state index contributed by atoms with van der Waals surface area (Å²) in [5.41, 5.74) is 0. The normalized spacial score (nSPS) is 10.5. The van der Waals surface area contributed by atoms with Crippen LogP contribution in [0, 0.1) is 16.0 Å². The molecule has 0 aliphatic heterocycles. The van der Waals surface area contributed by atoms with E-state index < -0.39 is 10.9 Å². The molecule has 0 aromatic carbocycles. The highest BCUT2D eigenvalue weighted by molar-refractivity contribution is 5.79. The largest absolute Gasteiger partial charge is 0.490 e. The van der Waals surface area contributed by atoms with Gasteiger partial charge in [-0.1, -0.05) is 18.8 Å². The van der Waals surface area contributed by atoms with Crippen LogP contribution >= 0.6 is 0 Å². The number of hydrogen-bond donors (Lipinski definition) is 0. The summed E-state index contributed by atoms with van der Waals surface area (Å²) >= 11 is 0. The first kappa shape index (κ1) is 10.3. The number of hydrogen-bond acceptors (Lipinski definition) is 5. The molecule has 1 aromatic rings. The number of carbonyl (C=O) groups excluding carboxylic acids is 1. The van der Waals surface area contributed by atoms with Gasteiger partial charge in [0.25, 0.3) is 0 Å². The zero-order valence-electron chi connectivity index (χ0n) is 7.88. The predicted molar refractivity (Wildman–Crippen MR) is 46.5 cm³/mol. The fourth-order valence-electron chi connectivity index (χ4n) is 0.787. The smallest absolute Gasteiger partial charge is 0.390 e. The fraction of sp³-hybridized carbons (Fsp3) is 0.571. The van der Waals surface area contributed by atoms with E-state index in [2.05, 4.69) is 10.1 Å². The molecule has 0 amide bonds. The van der Waals surface area contributed by atoms with E-state index >= 15 is 0 Å². The summed E-state index contributed by atoms with van der Waals surface area (Å²) in [5.74, 6) is -0.635. The highest BCUT2D eigenvalue weighted by Crippen LogP contribution is 2.02. The first-order chi connectivity index (χ1) is 6.50. The SMILES string of the molecule is CC(C)C(=O)Cn1cnc([N+](=O)[O-])n1. The summed E-state index contributed by atoms with van der Waals surface area (Å²) in [4.78, 5) is 24.2. The second kappa shape index (κ2) is 3.95. The number of nitrogens with zero attached hydrogens (tertiary/aromatic N) is 4. The van der Waals surface area contributed by atoms with Gasteiger partial charge >= 0.3 is 5.95 Å². The number of Topliss-reactive ketones (excluding diaryl/α,β-unsaturated/α-hetero) is 1. The molecule has 0 radical (unpaired) electrons. The minimum absolute atomic E-state index is 0.0263. The lowest BCUT2D eigenvalue weighted by molar-refractivity contribution is -0.394. The maximum Gasteiger partial charge on any atom is 0.490 e. The number of aromatic nitrogens is 3. The molecule has 0 atom stereocenters. The molecule has 0 saturated heterocycles. The standard InChI is InChI=1S/C7H10N4O3/c1-5(2)6(12)3-10-4-8-7(9-10)11(13)14/h4-5H,3H2,1-2H3. The van der Waals surface area contributed by atoms with Gasteiger partial charge in [0, 0.05) is 11.0 Å². The molecule has 1 rings (SSSR count). The van der Waals surface area contributed by atoms with Crippen LogP contribution in [-0.4, -0.2) is 25.5 Å². The van der Waals surface area contributed by atoms with Gasteiger partial charge in [-0.3, -0.25) is 4.79 Å². The first-order valence-electron chi connectivity index (χ1n) is 4.07. The number of carbonyl (C=O) groups is 1. The van der Waals surface area contributed by atoms with Gasteiger partial charge in [0.05, 0.1) is 0 Å². The van der Waals surface area contributed by atoms with E-state index in [-0.39, 0.29) is 18.2 Å². The van der Waals surface area contributed by atoms with Gasteiger partial charge in [-0.15, -0.1) is 0 Å². The summed E-state index contributed by atoms with van der Waals surface area (Å²) in [5, 5.41) is 13.7. The van der Waals surface area contributed by atoms with Crippen molar-refractivity contribution in [1.29, 1.82) is 0 Å². The van der Waals surface area contributed by atoms with Crippen LogP contribution in [0.15, 0.2) is 6.33 Å². The van der Waals surface area contributed by atoms with Gasteiger partial charge in [0.15, 0.2) is 5.78 Å². The monoisotopic (exact) mass is 198 g/mol. The van der Waals surface area contributed by atoms with E-state index in [0.29, 0.717) is 0 Å². The summed E-state index contributed by atoms with van der Waals surface area (Å²) in [6.07, 6.45) is 1.18. The van der Waals surface area contributed by atoms with Crippen molar-refractivity contribution in [3.63, 3.8) is 0 Å². The van der Waals surface area contributed by atoms with Crippen LogP contribution in [0.4, 0.5) is 5.95 Å². The molecular formula is C7H10N4O3. The minimum Gasteiger partial charge on any atom is -0.390 e. The van der Waals surface area contributed by atoms with Gasteiger partial charge < -0.3 is 10.1 Å². The molecule has 14 heavy (non-hydrogen) atoms. The van der Waals surface area contributed by atoms with Crippen molar-refractivity contribution >= 4 is 11.7 Å². The highest BCUT2D eigenvalue weighted by atomic mass is 16.6. The molecule has 1 heterocycles. The number of rotatable bonds is 4. The maximum absolute atomic E-state index is 11.2. The maximum atomic E-state index is 11.2. The van der Waals surface area contributed by atoms with E-state index in [1.807, 2.05) is 0 Å². The van der Waals surface area contributed by atoms with E-state index in [1.54, 1.807) is 13.8 Å². The summed E-state index contributed by atoms with van der Waals surface area (Å²) in [6.45, 7) is 3.54. The Morgan fingerprint density at radius 3 is 2.79 bits per heavy atom. The third-order valence-corrected chi connectivity index (χ3v) is 1.65. The Hall–Kier alpha value is -1.79. The van der Waals surface area contributed by atoms with Crippen molar-refractivity contribution in [2.75, 3.05) is 0 Å². The minimum atomic E-state index is -0.698. The molecule has 0 N–H and O–H groups in total. The quantitative estimate of drug-likeness (QED) is 0.516. The Balaban J connectivity index is 2.69. The molecule has 7 heteroatoms. The lowest BCUT2D eigenvalue weighted by atomic mass is 10.1. The van der Waals surface area contributed by atoms with Crippen LogP contribution in [0.1, 0.15) is 13.8 Å². The molecule has 0 fully saturated rings. The average Bonchev–Trinajstić information content (AvgIpc) is 2.52. The topological polar surface area (TPSA) is 90.9 Å². The molecule has 0 bridgehead atoms. The van der Waals surface area contributed by atoms with Crippen molar-refractivity contribution in [1.82, 2.24) is 14.8 Å². The van der Waals surface area contributed by atoms with E-state index in [1.165, 1.54) is 11.0 Å². The molecule has 0 unspecified atom stereocenters. The van der Waals surface area contributed by atoms with Crippen LogP contribution in [0.2, 0.25) is 0 Å². The molecule has 1 aromatic heterocycles. The lowest BCUT2D eigenvalue weighted by Crippen LogP contribution is -2.15. The second-order valence-corrected chi connectivity index (χ2v) is 3.12. The van der Waals surface area contributed by atoms with Crippen molar-refractivity contribution < 1.29 is 9.72 Å². The Labute approximate surface area is 79.9 Å². The van der Waals surface area contributed by atoms with Gasteiger partial charge in [-0.05, 0) is 4.92 Å². The Morgan fingerprint density at radius 1 is 1.71 bits per heavy atom. The zero-order chi connectivity index (χ0) is 10.7. The Morgan fingerprint density at radius 2 is 2.36 bits per heavy atom. The third-order valence-electron chi connectivity index (χ3n) is 1.65. The van der Waals surface area contributed by atoms with Crippen LogP contribution in [0.3, 0.4) is 0 Å². The number of ketones is 1. The average molecular weight is 198 g/mol. The van der Waals surface area contributed by atoms with Crippen molar-refractivity contribution in [2.24, 2.45) is 5.92 Å². The van der Waals surface area contributed by atoms with Crippen molar-refractivity contribution in [3.8, 4) is 0 Å². The van der Waals surface area contributed by atoms with Gasteiger partial charge in [0.1, 0.15) is 6.54 Å². The predicted octanol–water partition coefficient (Wildman–Crippen LogP) is 0.411. The van der Waals surface area contributed by atoms with Gasteiger partial charge in [-0.2, -0.15) is 4.68 Å². The number of nitro groups is 1. The molecule has 7 nitrogen and oxygen atoms in total. The molecule has 0 aliphatic carbocycles. The van der Waals surface area contributed by atoms with Gasteiger partial charge in [-0.25, -0.2) is 0 Å².